The summed E-state index contributed by atoms with van der Waals surface area (Å²) in [5, 5.41) is 10.3. The third kappa shape index (κ3) is 2.58. The summed E-state index contributed by atoms with van der Waals surface area (Å²) >= 11 is 0. The molecule has 4 nitrogen and oxygen atoms in total. The first kappa shape index (κ1) is 13.1. The number of amides is 1. The summed E-state index contributed by atoms with van der Waals surface area (Å²) in [6.45, 7) is 3.23. The van der Waals surface area contributed by atoms with Gasteiger partial charge in [0.1, 0.15) is 5.69 Å². The Kier molecular flexibility index (Phi) is 3.76. The van der Waals surface area contributed by atoms with E-state index in [0.29, 0.717) is 12.2 Å². The monoisotopic (exact) mass is 250 g/mol. The summed E-state index contributed by atoms with van der Waals surface area (Å²) in [4.78, 5) is 14.0. The molecule has 0 aromatic carbocycles. The first-order chi connectivity index (χ1) is 8.56. The predicted octanol–water partition coefficient (Wildman–Crippen LogP) is 1.89. The molecule has 1 aliphatic carbocycles. The second-order valence-electron chi connectivity index (χ2n) is 5.27. The highest BCUT2D eigenvalue weighted by molar-refractivity contribution is 5.92. The van der Waals surface area contributed by atoms with E-state index in [9.17, 15) is 9.90 Å². The topological polar surface area (TPSA) is 45.5 Å². The van der Waals surface area contributed by atoms with Gasteiger partial charge in [0.15, 0.2) is 0 Å². The molecule has 1 aromatic heterocycles. The van der Waals surface area contributed by atoms with Crippen molar-refractivity contribution in [2.75, 3.05) is 13.6 Å². The quantitative estimate of drug-likeness (QED) is 0.887. The molecule has 0 aliphatic heterocycles. The number of carbonyl (C=O) groups is 1. The molecule has 1 heterocycles. The van der Waals surface area contributed by atoms with Crippen molar-refractivity contribution in [1.82, 2.24) is 9.47 Å². The Morgan fingerprint density at radius 1 is 1.50 bits per heavy atom. The van der Waals surface area contributed by atoms with Gasteiger partial charge in [-0.3, -0.25) is 4.79 Å². The number of rotatable bonds is 4. The lowest BCUT2D eigenvalue weighted by Gasteiger charge is -2.28. The van der Waals surface area contributed by atoms with Crippen molar-refractivity contribution < 1.29 is 9.90 Å². The van der Waals surface area contributed by atoms with Crippen LogP contribution in [0.5, 0.6) is 0 Å². The number of likely N-dealkylation sites (N-methyl/N-ethyl adjacent to an activating group) is 1. The van der Waals surface area contributed by atoms with Crippen LogP contribution >= 0.6 is 0 Å². The molecule has 1 N–H and O–H groups in total. The van der Waals surface area contributed by atoms with Crippen molar-refractivity contribution in [1.29, 1.82) is 0 Å². The van der Waals surface area contributed by atoms with Crippen LogP contribution in [0, 0.1) is 0 Å². The van der Waals surface area contributed by atoms with Gasteiger partial charge in [-0.1, -0.05) is 12.8 Å². The highest BCUT2D eigenvalue weighted by Gasteiger charge is 2.33. The molecule has 0 radical (unpaired) electrons. The summed E-state index contributed by atoms with van der Waals surface area (Å²) in [7, 11) is 1.77. The van der Waals surface area contributed by atoms with Crippen molar-refractivity contribution >= 4 is 5.91 Å². The largest absolute Gasteiger partial charge is 0.388 e. The van der Waals surface area contributed by atoms with Gasteiger partial charge in [-0.15, -0.1) is 0 Å². The third-order valence-electron chi connectivity index (χ3n) is 3.80. The Morgan fingerprint density at radius 2 is 2.17 bits per heavy atom. The molecule has 0 saturated heterocycles. The van der Waals surface area contributed by atoms with Crippen LogP contribution in [0.3, 0.4) is 0 Å². The van der Waals surface area contributed by atoms with Gasteiger partial charge in [-0.2, -0.15) is 0 Å². The molecule has 1 fully saturated rings. The van der Waals surface area contributed by atoms with Gasteiger partial charge in [0.25, 0.3) is 5.91 Å². The lowest BCUT2D eigenvalue weighted by molar-refractivity contribution is 0.0153. The zero-order chi connectivity index (χ0) is 13.2. The standard InChI is InChI=1S/C14H22N2O2/c1-3-16-10-6-7-12(16)13(17)15(2)11-14(18)8-4-5-9-14/h6-7,10,18H,3-5,8-9,11H2,1-2H3. The SMILES string of the molecule is CCn1cccc1C(=O)N(C)CC1(O)CCCC1. The molecule has 0 unspecified atom stereocenters. The number of nitrogens with zero attached hydrogens (tertiary/aromatic N) is 2. The van der Waals surface area contributed by atoms with Crippen LogP contribution in [0.25, 0.3) is 0 Å². The fourth-order valence-corrected chi connectivity index (χ4v) is 2.78. The molecule has 1 amide bonds. The molecule has 1 aliphatic rings. The maximum Gasteiger partial charge on any atom is 0.270 e. The van der Waals surface area contributed by atoms with Crippen LogP contribution < -0.4 is 0 Å². The lowest BCUT2D eigenvalue weighted by Crippen LogP contribution is -2.42. The van der Waals surface area contributed by atoms with E-state index in [-0.39, 0.29) is 5.91 Å². The Morgan fingerprint density at radius 3 is 2.78 bits per heavy atom. The number of carbonyl (C=O) groups excluding carboxylic acids is 1. The normalized spacial score (nSPS) is 17.9. The van der Waals surface area contributed by atoms with E-state index < -0.39 is 5.60 Å². The van der Waals surface area contributed by atoms with Gasteiger partial charge in [0.05, 0.1) is 5.60 Å². The summed E-state index contributed by atoms with van der Waals surface area (Å²) in [6.07, 6.45) is 5.64. The first-order valence-corrected chi connectivity index (χ1v) is 6.69. The number of aryl methyl sites for hydroxylation is 1. The zero-order valence-electron chi connectivity index (χ0n) is 11.2. The van der Waals surface area contributed by atoms with Crippen LogP contribution in [0.1, 0.15) is 43.1 Å². The van der Waals surface area contributed by atoms with Gasteiger partial charge in [0.2, 0.25) is 0 Å². The van der Waals surface area contributed by atoms with Crippen molar-refractivity contribution in [3.05, 3.63) is 24.0 Å². The molecule has 100 valence electrons. The number of aromatic nitrogens is 1. The molecule has 18 heavy (non-hydrogen) atoms. The average Bonchev–Trinajstić information content (AvgIpc) is 2.96. The predicted molar refractivity (Wildman–Crippen MR) is 70.5 cm³/mol. The molecule has 4 heteroatoms. The van der Waals surface area contributed by atoms with Gasteiger partial charge in [0, 0.05) is 26.3 Å². The average molecular weight is 250 g/mol. The highest BCUT2D eigenvalue weighted by Crippen LogP contribution is 2.30. The molecule has 0 spiro atoms. The van der Waals surface area contributed by atoms with E-state index in [4.69, 9.17) is 0 Å². The summed E-state index contributed by atoms with van der Waals surface area (Å²) < 4.78 is 1.93. The Bertz CT molecular complexity index is 419. The lowest BCUT2D eigenvalue weighted by atomic mass is 10.0. The van der Waals surface area contributed by atoms with Gasteiger partial charge in [-0.25, -0.2) is 0 Å². The van der Waals surface area contributed by atoms with E-state index in [1.54, 1.807) is 11.9 Å². The highest BCUT2D eigenvalue weighted by atomic mass is 16.3. The fourth-order valence-electron chi connectivity index (χ4n) is 2.78. The van der Waals surface area contributed by atoms with Crippen LogP contribution in [0.2, 0.25) is 0 Å². The van der Waals surface area contributed by atoms with Crippen LogP contribution in [0.4, 0.5) is 0 Å². The fraction of sp³-hybridized carbons (Fsp3) is 0.643. The van der Waals surface area contributed by atoms with Crippen LogP contribution in [-0.2, 0) is 6.54 Å². The molecule has 1 saturated carbocycles. The molecule has 0 atom stereocenters. The maximum absolute atomic E-state index is 12.3. The van der Waals surface area contributed by atoms with Gasteiger partial charge < -0.3 is 14.6 Å². The second-order valence-corrected chi connectivity index (χ2v) is 5.27. The minimum Gasteiger partial charge on any atom is -0.388 e. The summed E-state index contributed by atoms with van der Waals surface area (Å²) in [6, 6.07) is 3.72. The summed E-state index contributed by atoms with van der Waals surface area (Å²) in [5.41, 5.74) is 0.0234. The van der Waals surface area contributed by atoms with E-state index in [1.807, 2.05) is 29.8 Å². The molecule has 0 bridgehead atoms. The first-order valence-electron chi connectivity index (χ1n) is 6.69. The van der Waals surface area contributed by atoms with Crippen molar-refractivity contribution in [3.63, 3.8) is 0 Å². The maximum atomic E-state index is 12.3. The van der Waals surface area contributed by atoms with E-state index in [2.05, 4.69) is 0 Å². The van der Waals surface area contributed by atoms with Crippen LogP contribution in [-0.4, -0.2) is 39.7 Å². The minimum atomic E-state index is -0.673. The number of aliphatic hydroxyl groups is 1. The van der Waals surface area contributed by atoms with Crippen LogP contribution in [0.15, 0.2) is 18.3 Å². The van der Waals surface area contributed by atoms with Crippen molar-refractivity contribution in [2.24, 2.45) is 0 Å². The van der Waals surface area contributed by atoms with E-state index in [0.717, 1.165) is 32.2 Å². The molecular formula is C14H22N2O2. The van der Waals surface area contributed by atoms with Gasteiger partial charge in [-0.05, 0) is 31.9 Å². The molecule has 2 rings (SSSR count). The second kappa shape index (κ2) is 5.14. The molecule has 1 aromatic rings. The Balaban J connectivity index is 2.05. The van der Waals surface area contributed by atoms with Gasteiger partial charge >= 0.3 is 0 Å². The third-order valence-corrected chi connectivity index (χ3v) is 3.80. The number of hydrogen-bond donors (Lipinski definition) is 1. The minimum absolute atomic E-state index is 0.0119. The Labute approximate surface area is 108 Å². The molecular weight excluding hydrogens is 228 g/mol. The van der Waals surface area contributed by atoms with Crippen molar-refractivity contribution in [3.8, 4) is 0 Å². The van der Waals surface area contributed by atoms with E-state index >= 15 is 0 Å². The van der Waals surface area contributed by atoms with E-state index in [1.165, 1.54) is 0 Å². The Hall–Kier alpha value is -1.29. The zero-order valence-corrected chi connectivity index (χ0v) is 11.2. The smallest absolute Gasteiger partial charge is 0.270 e. The summed E-state index contributed by atoms with van der Waals surface area (Å²) in [5.74, 6) is -0.0119. The van der Waals surface area contributed by atoms with Crippen molar-refractivity contribution in [2.45, 2.75) is 44.8 Å². The number of hydrogen-bond acceptors (Lipinski definition) is 2.